The van der Waals surface area contributed by atoms with Crippen LogP contribution in [0, 0.1) is 18.5 Å². The van der Waals surface area contributed by atoms with Gasteiger partial charge >= 0.3 is 0 Å². The van der Waals surface area contributed by atoms with Crippen LogP contribution in [-0.2, 0) is 26.5 Å². The fourth-order valence-electron chi connectivity index (χ4n) is 11.4. The number of nitrogens with zero attached hydrogens (tertiary/aromatic N) is 5. The zero-order valence-electron chi connectivity index (χ0n) is 64.0. The van der Waals surface area contributed by atoms with Gasteiger partial charge in [-0.05, 0) is 90.3 Å². The first kappa shape index (κ1) is 35.4. The third-order valence-electron chi connectivity index (χ3n) is 15.1. The van der Waals surface area contributed by atoms with Crippen LogP contribution in [0.1, 0.15) is 52.4 Å². The van der Waals surface area contributed by atoms with E-state index in [0.717, 1.165) is 38.1 Å². The SMILES string of the molecule is [2H]c1c([2H])c([2H])c([Si](c2c([2H])c([2H])c([2H])c([2H])c2[2H])(c2c([2H])c([2H])c([2H])c([2H])c2[2H])c2c([2H])c([2H])c([2H])c(-c3cccc(-n4c5ccccc5c5ccccc54)c3-[n+]3[c-]n(-c4[c-]c(Oc5[c-]c6c(cc5)c5ccccc5n6-c5cc(C(C)(C)C)ccn5)ccc4)c4ccccc43)c2[2H])c([2H])c1[2H].[Pt]. The number of imidazole rings is 1. The van der Waals surface area contributed by atoms with Gasteiger partial charge in [0.25, 0.3) is 6.33 Å². The van der Waals surface area contributed by atoms with Gasteiger partial charge in [-0.3, -0.25) is 4.57 Å². The number of hydrogen-bond acceptors (Lipinski definition) is 2. The monoisotopic (exact) mass is 1300 g/mol. The quantitative estimate of drug-likeness (QED) is 0.0560. The van der Waals surface area contributed by atoms with Gasteiger partial charge in [0.1, 0.15) is 5.82 Å². The third kappa shape index (κ3) is 8.73. The first-order chi connectivity index (χ1) is 48.7. The zero-order chi connectivity index (χ0) is 72.2. The second-order valence-electron chi connectivity index (χ2n) is 20.9. The molecule has 4 heterocycles. The average molecular weight is 1300 g/mol. The van der Waals surface area contributed by atoms with Crippen LogP contribution in [0.2, 0.25) is 0 Å². The van der Waals surface area contributed by atoms with Crippen LogP contribution in [0.3, 0.4) is 0 Å². The Morgan fingerprint density at radius 3 is 1.71 bits per heavy atom. The van der Waals surface area contributed by atoms with E-state index < -0.39 is 149 Å². The summed E-state index contributed by atoms with van der Waals surface area (Å²) < 4.78 is 196. The van der Waals surface area contributed by atoms with Crippen LogP contribution in [0.5, 0.6) is 11.5 Å². The standard InChI is InChI=1S/C76H55N5OSi.Pt/c1-76(2,3)54-46-47-77-74(49-54)81-69-40-18-15-36-65(69)66-45-44-57(51-73(66)81)82-56-26-22-25-55(50-56)78-52-79(71-42-20-19-41-70(71)78)75-62(37-23-43-72(75)80-67-38-16-13-34-63(67)64-35-14-17-39-68(64)80)53-24-21-33-61(48-53)83(58-27-7-4-8-28-58,59-29-9-5-10-30-59)60-31-11-6-12-32-60;/h4-49H,1-3H3;/q-2;/i4D,5D,6D,7D,8D,9D,10D,11D,12D,21D,24D,27D,28D,29D,30D,31D,32D,33D,48D;. The number of fused-ring (bicyclic) bond motifs is 7. The molecular weight excluding hydrogens is 1220 g/mol. The molecule has 6 nitrogen and oxygen atoms in total. The topological polar surface area (TPSA) is 40.8 Å². The van der Waals surface area contributed by atoms with E-state index in [2.05, 4.69) is 55.9 Å². The van der Waals surface area contributed by atoms with Gasteiger partial charge in [0.05, 0.1) is 59.5 Å². The van der Waals surface area contributed by atoms with Crippen LogP contribution >= 0.6 is 0 Å². The Kier molecular flexibility index (Phi) is 8.95. The predicted molar refractivity (Wildman–Crippen MR) is 342 cm³/mol. The van der Waals surface area contributed by atoms with Crippen molar-refractivity contribution >= 4 is 83.5 Å². The third-order valence-corrected chi connectivity index (χ3v) is 19.1. The minimum Gasteiger partial charge on any atom is -0.510 e. The van der Waals surface area contributed by atoms with Gasteiger partial charge in [0, 0.05) is 55.1 Å². The molecule has 15 aromatic rings. The largest absolute Gasteiger partial charge is 0.510 e. The molecule has 406 valence electrons. The summed E-state index contributed by atoms with van der Waals surface area (Å²) in [5.41, 5.74) is 5.40. The normalized spacial score (nSPS) is 15.1. The molecule has 0 N–H and O–H groups in total. The van der Waals surface area contributed by atoms with Crippen LogP contribution in [0.15, 0.2) is 279 Å². The number of pyridine rings is 1. The summed E-state index contributed by atoms with van der Waals surface area (Å²) in [5.74, 6) is 1.36. The fraction of sp³-hybridized carbons (Fsp3) is 0.0526. The molecule has 0 spiro atoms. The van der Waals surface area contributed by atoms with Crippen molar-refractivity contribution in [2.75, 3.05) is 0 Å². The van der Waals surface area contributed by atoms with Crippen molar-refractivity contribution < 1.29 is 56.4 Å². The summed E-state index contributed by atoms with van der Waals surface area (Å²) in [7, 11) is -6.25. The Balaban J connectivity index is 0.00000897. The van der Waals surface area contributed by atoms with E-state index in [9.17, 15) is 21.9 Å². The van der Waals surface area contributed by atoms with E-state index >= 15 is 0 Å². The van der Waals surface area contributed by atoms with Gasteiger partial charge < -0.3 is 18.4 Å². The number of aromatic nitrogens is 5. The molecule has 0 saturated heterocycles. The molecule has 0 bridgehead atoms. The molecule has 0 amide bonds. The van der Waals surface area contributed by atoms with Crippen molar-refractivity contribution in [3.8, 4) is 45.5 Å². The number of benzene rings is 11. The first-order valence-corrected chi connectivity index (χ1v) is 28.7. The maximum Gasteiger partial charge on any atom is 0.268 e. The minimum atomic E-state index is -6.25. The van der Waals surface area contributed by atoms with Crippen molar-refractivity contribution in [3.63, 3.8) is 0 Å². The van der Waals surface area contributed by atoms with Crippen molar-refractivity contribution in [3.05, 3.63) is 303 Å². The van der Waals surface area contributed by atoms with Crippen molar-refractivity contribution in [1.82, 2.24) is 18.7 Å². The first-order valence-electron chi connectivity index (χ1n) is 36.2. The Morgan fingerprint density at radius 1 is 0.512 bits per heavy atom. The molecule has 11 aromatic carbocycles. The second-order valence-corrected chi connectivity index (χ2v) is 24.4. The Bertz CT molecular complexity index is 5840. The van der Waals surface area contributed by atoms with Gasteiger partial charge in [-0.2, -0.15) is 18.2 Å². The van der Waals surface area contributed by atoms with Gasteiger partial charge in [-0.15, -0.1) is 29.7 Å². The van der Waals surface area contributed by atoms with Gasteiger partial charge in [0.2, 0.25) is 0 Å². The molecule has 84 heavy (non-hydrogen) atoms. The second kappa shape index (κ2) is 21.3. The molecule has 0 unspecified atom stereocenters. The molecule has 8 heteroatoms. The summed E-state index contributed by atoms with van der Waals surface area (Å²) in [6, 6.07) is 36.1. The van der Waals surface area contributed by atoms with Crippen molar-refractivity contribution in [2.24, 2.45) is 0 Å². The van der Waals surface area contributed by atoms with E-state index in [1.165, 1.54) is 0 Å². The molecule has 0 aliphatic rings. The number of rotatable bonds is 11. The average Bonchev–Trinajstić information content (AvgIpc) is 1.46. The van der Waals surface area contributed by atoms with Crippen LogP contribution in [-0.4, -0.2) is 26.8 Å². The molecule has 0 fully saturated rings. The minimum absolute atomic E-state index is 0. The summed E-state index contributed by atoms with van der Waals surface area (Å²) in [5, 5.41) is -0.169. The van der Waals surface area contributed by atoms with Crippen molar-refractivity contribution in [2.45, 2.75) is 26.2 Å². The van der Waals surface area contributed by atoms with Crippen molar-refractivity contribution in [1.29, 1.82) is 0 Å². The molecular formula is C76H55N5OPtSi-2. The van der Waals surface area contributed by atoms with Crippen LogP contribution in [0.4, 0.5) is 0 Å². The molecule has 0 aliphatic heterocycles. The molecule has 4 aromatic heterocycles. The number of ether oxygens (including phenoxy) is 1. The number of para-hydroxylation sites is 6. The number of hydrogen-bond donors (Lipinski definition) is 0. The van der Waals surface area contributed by atoms with Gasteiger partial charge in [0.15, 0.2) is 8.07 Å². The van der Waals surface area contributed by atoms with E-state index in [4.69, 9.17) is 13.8 Å². The zero-order valence-corrected chi connectivity index (χ0v) is 48.3. The summed E-state index contributed by atoms with van der Waals surface area (Å²) in [6.07, 6.45) is 5.38. The molecule has 0 saturated carbocycles. The van der Waals surface area contributed by atoms with Gasteiger partial charge in [-0.1, -0.05) is 232 Å². The summed E-state index contributed by atoms with van der Waals surface area (Å²) >= 11 is 0. The summed E-state index contributed by atoms with van der Waals surface area (Å²) in [6.45, 7) is 6.44. The maximum atomic E-state index is 11.0. The van der Waals surface area contributed by atoms with E-state index in [0.29, 0.717) is 45.0 Å². The Labute approximate surface area is 530 Å². The van der Waals surface area contributed by atoms with E-state index in [-0.39, 0.29) is 43.5 Å². The molecule has 0 radical (unpaired) electrons. The fourth-order valence-corrected chi connectivity index (χ4v) is 14.9. The van der Waals surface area contributed by atoms with Crippen LogP contribution < -0.4 is 30.1 Å². The van der Waals surface area contributed by atoms with E-state index in [1.807, 2.05) is 108 Å². The van der Waals surface area contributed by atoms with E-state index in [1.54, 1.807) is 57.8 Å². The smallest absolute Gasteiger partial charge is 0.268 e. The van der Waals surface area contributed by atoms with Crippen LogP contribution in [0.25, 0.3) is 88.7 Å². The molecule has 15 rings (SSSR count). The Morgan fingerprint density at radius 2 is 1.07 bits per heavy atom. The predicted octanol–water partition coefficient (Wildman–Crippen LogP) is 15.0. The molecule has 0 aliphatic carbocycles. The van der Waals surface area contributed by atoms with Gasteiger partial charge in [-0.25, -0.2) is 4.98 Å². The maximum absolute atomic E-state index is 11.0. The Hall–Kier alpha value is -9.65. The molecule has 0 atom stereocenters. The summed E-state index contributed by atoms with van der Waals surface area (Å²) in [4.78, 5) is 4.84.